The zero-order chi connectivity index (χ0) is 18.0. The second-order valence-electron chi connectivity index (χ2n) is 5.14. The summed E-state index contributed by atoms with van der Waals surface area (Å²) in [6, 6.07) is 9.74. The van der Waals surface area contributed by atoms with Crippen molar-refractivity contribution in [1.82, 2.24) is 5.32 Å². The standard InChI is InChI=1S/C18H12N2O5/c1-2-24-18(23)11(9-19)7-12-4-6-15(25-12)10-3-5-13-14(8-10)17(22)20-16(13)21/h3-8H,2H2,1H3,(H,20,21,22)/b11-7+. The summed E-state index contributed by atoms with van der Waals surface area (Å²) in [5.74, 6) is -0.885. The van der Waals surface area contributed by atoms with Crippen LogP contribution in [-0.2, 0) is 9.53 Å². The molecule has 2 aromatic rings. The number of fused-ring (bicyclic) bond motifs is 1. The monoisotopic (exact) mass is 336 g/mol. The summed E-state index contributed by atoms with van der Waals surface area (Å²) in [5, 5.41) is 11.2. The van der Waals surface area contributed by atoms with Crippen LogP contribution in [0.2, 0.25) is 0 Å². The first kappa shape index (κ1) is 16.2. The van der Waals surface area contributed by atoms with E-state index in [4.69, 9.17) is 14.4 Å². The molecule has 2 heterocycles. The highest BCUT2D eigenvalue weighted by Gasteiger charge is 2.27. The number of imide groups is 1. The maximum atomic E-state index is 11.7. The van der Waals surface area contributed by atoms with E-state index in [2.05, 4.69) is 5.32 Å². The number of carbonyl (C=O) groups excluding carboxylic acids is 3. The second kappa shape index (κ2) is 6.45. The van der Waals surface area contributed by atoms with Crippen molar-refractivity contribution in [2.45, 2.75) is 6.92 Å². The molecule has 1 aliphatic rings. The Balaban J connectivity index is 1.91. The van der Waals surface area contributed by atoms with Crippen LogP contribution in [0.1, 0.15) is 33.4 Å². The summed E-state index contributed by atoms with van der Waals surface area (Å²) in [5.41, 5.74) is 1.01. The normalized spacial score (nSPS) is 13.2. The van der Waals surface area contributed by atoms with Crippen molar-refractivity contribution in [2.24, 2.45) is 0 Å². The lowest BCUT2D eigenvalue weighted by Crippen LogP contribution is -2.19. The average Bonchev–Trinajstić information content (AvgIpc) is 3.18. The molecule has 0 saturated heterocycles. The molecule has 1 aromatic carbocycles. The average molecular weight is 336 g/mol. The van der Waals surface area contributed by atoms with Crippen molar-refractivity contribution < 1.29 is 23.5 Å². The maximum Gasteiger partial charge on any atom is 0.349 e. The third kappa shape index (κ3) is 3.05. The van der Waals surface area contributed by atoms with Gasteiger partial charge in [-0.3, -0.25) is 14.9 Å². The molecule has 7 nitrogen and oxygen atoms in total. The third-order valence-electron chi connectivity index (χ3n) is 3.55. The van der Waals surface area contributed by atoms with Crippen LogP contribution in [0.25, 0.3) is 17.4 Å². The predicted octanol–water partition coefficient (Wildman–Crippen LogP) is 2.30. The number of benzene rings is 1. The largest absolute Gasteiger partial charge is 0.462 e. The molecule has 1 aromatic heterocycles. The van der Waals surface area contributed by atoms with E-state index < -0.39 is 17.8 Å². The molecule has 3 rings (SSSR count). The summed E-state index contributed by atoms with van der Waals surface area (Å²) in [6.45, 7) is 1.81. The lowest BCUT2D eigenvalue weighted by molar-refractivity contribution is -0.137. The van der Waals surface area contributed by atoms with Gasteiger partial charge >= 0.3 is 5.97 Å². The van der Waals surface area contributed by atoms with Gasteiger partial charge in [0.05, 0.1) is 17.7 Å². The Morgan fingerprint density at radius 2 is 2.00 bits per heavy atom. The molecule has 2 amide bonds. The number of nitrogens with one attached hydrogen (secondary N) is 1. The van der Waals surface area contributed by atoms with Crippen molar-refractivity contribution in [3.63, 3.8) is 0 Å². The van der Waals surface area contributed by atoms with Crippen LogP contribution < -0.4 is 5.32 Å². The summed E-state index contributed by atoms with van der Waals surface area (Å²) in [4.78, 5) is 34.9. The number of amides is 2. The maximum absolute atomic E-state index is 11.7. The minimum atomic E-state index is -0.726. The molecule has 7 heteroatoms. The van der Waals surface area contributed by atoms with Gasteiger partial charge in [-0.1, -0.05) is 6.07 Å². The molecule has 0 bridgehead atoms. The van der Waals surface area contributed by atoms with Crippen molar-refractivity contribution in [3.05, 3.63) is 52.8 Å². The molecule has 124 valence electrons. The summed E-state index contributed by atoms with van der Waals surface area (Å²) < 4.78 is 10.4. The molecule has 0 aliphatic carbocycles. The van der Waals surface area contributed by atoms with E-state index in [-0.39, 0.29) is 17.7 Å². The van der Waals surface area contributed by atoms with Gasteiger partial charge < -0.3 is 9.15 Å². The summed E-state index contributed by atoms with van der Waals surface area (Å²) in [6.07, 6.45) is 1.28. The third-order valence-corrected chi connectivity index (χ3v) is 3.55. The van der Waals surface area contributed by atoms with E-state index in [1.54, 1.807) is 43.3 Å². The van der Waals surface area contributed by atoms with Crippen molar-refractivity contribution >= 4 is 23.9 Å². The number of furan rings is 1. The Morgan fingerprint density at radius 3 is 2.72 bits per heavy atom. The molecule has 0 spiro atoms. The van der Waals surface area contributed by atoms with Gasteiger partial charge in [-0.05, 0) is 31.2 Å². The first-order valence-corrected chi connectivity index (χ1v) is 7.42. The number of carbonyl (C=O) groups is 3. The van der Waals surface area contributed by atoms with Crippen LogP contribution in [0.5, 0.6) is 0 Å². The van der Waals surface area contributed by atoms with Gasteiger partial charge in [0, 0.05) is 11.6 Å². The zero-order valence-corrected chi connectivity index (χ0v) is 13.2. The molecular formula is C18H12N2O5. The van der Waals surface area contributed by atoms with E-state index in [9.17, 15) is 14.4 Å². The first-order valence-electron chi connectivity index (χ1n) is 7.42. The van der Waals surface area contributed by atoms with Crippen LogP contribution in [0.4, 0.5) is 0 Å². The molecule has 25 heavy (non-hydrogen) atoms. The van der Waals surface area contributed by atoms with E-state index in [0.717, 1.165) is 0 Å². The quantitative estimate of drug-likeness (QED) is 0.397. The Labute approximate surface area is 142 Å². The highest BCUT2D eigenvalue weighted by Crippen LogP contribution is 2.27. The fourth-order valence-electron chi connectivity index (χ4n) is 2.39. The van der Waals surface area contributed by atoms with Gasteiger partial charge in [0.25, 0.3) is 11.8 Å². The SMILES string of the molecule is CCOC(=O)/C(C#N)=C/c1ccc(-c2ccc3c(c2)C(=O)NC3=O)o1. The number of nitriles is 1. The molecule has 0 radical (unpaired) electrons. The number of rotatable bonds is 4. The van der Waals surface area contributed by atoms with Crippen molar-refractivity contribution in [3.8, 4) is 17.4 Å². The fraction of sp³-hybridized carbons (Fsp3) is 0.111. The predicted molar refractivity (Wildman–Crippen MR) is 86.2 cm³/mol. The topological polar surface area (TPSA) is 109 Å². The van der Waals surface area contributed by atoms with E-state index in [1.165, 1.54) is 6.08 Å². The van der Waals surface area contributed by atoms with Crippen molar-refractivity contribution in [1.29, 1.82) is 5.26 Å². The fourth-order valence-corrected chi connectivity index (χ4v) is 2.39. The number of hydrogen-bond acceptors (Lipinski definition) is 6. The molecule has 1 aliphatic heterocycles. The summed E-state index contributed by atoms with van der Waals surface area (Å²) in [7, 11) is 0. The lowest BCUT2D eigenvalue weighted by Gasteiger charge is -2.00. The van der Waals surface area contributed by atoms with Gasteiger partial charge in [-0.2, -0.15) is 5.26 Å². The number of hydrogen-bond donors (Lipinski definition) is 1. The van der Waals surface area contributed by atoms with E-state index in [1.807, 2.05) is 0 Å². The van der Waals surface area contributed by atoms with Gasteiger partial charge in [0.2, 0.25) is 0 Å². The highest BCUT2D eigenvalue weighted by molar-refractivity contribution is 6.21. The molecule has 0 unspecified atom stereocenters. The van der Waals surface area contributed by atoms with Crippen LogP contribution in [0.3, 0.4) is 0 Å². The number of esters is 1. The number of ether oxygens (including phenoxy) is 1. The summed E-state index contributed by atoms with van der Waals surface area (Å²) >= 11 is 0. The van der Waals surface area contributed by atoms with Crippen LogP contribution in [0.15, 0.2) is 40.3 Å². The minimum Gasteiger partial charge on any atom is -0.462 e. The molecule has 0 atom stereocenters. The molecule has 1 N–H and O–H groups in total. The Hall–Kier alpha value is -3.66. The van der Waals surface area contributed by atoms with Crippen molar-refractivity contribution in [2.75, 3.05) is 6.61 Å². The van der Waals surface area contributed by atoms with Gasteiger partial charge in [-0.25, -0.2) is 4.79 Å². The van der Waals surface area contributed by atoms with Gasteiger partial charge in [0.15, 0.2) is 0 Å². The highest BCUT2D eigenvalue weighted by atomic mass is 16.5. The molecule has 0 saturated carbocycles. The molecular weight excluding hydrogens is 324 g/mol. The van der Waals surface area contributed by atoms with Gasteiger partial charge in [-0.15, -0.1) is 0 Å². The van der Waals surface area contributed by atoms with Crippen LogP contribution in [-0.4, -0.2) is 24.4 Å². The van der Waals surface area contributed by atoms with Gasteiger partial charge in [0.1, 0.15) is 23.2 Å². The zero-order valence-electron chi connectivity index (χ0n) is 13.2. The Bertz CT molecular complexity index is 962. The Morgan fingerprint density at radius 1 is 1.24 bits per heavy atom. The number of nitrogens with zero attached hydrogens (tertiary/aromatic N) is 1. The lowest BCUT2D eigenvalue weighted by atomic mass is 10.0. The Kier molecular flexibility index (Phi) is 4.18. The van der Waals surface area contributed by atoms with Crippen LogP contribution >= 0.6 is 0 Å². The van der Waals surface area contributed by atoms with Crippen LogP contribution in [0, 0.1) is 11.3 Å². The second-order valence-corrected chi connectivity index (χ2v) is 5.14. The first-order chi connectivity index (χ1) is 12.0. The van der Waals surface area contributed by atoms with E-state index in [0.29, 0.717) is 22.6 Å². The molecule has 0 fully saturated rings. The smallest absolute Gasteiger partial charge is 0.349 e. The van der Waals surface area contributed by atoms with E-state index >= 15 is 0 Å². The minimum absolute atomic E-state index is 0.164.